The van der Waals surface area contributed by atoms with Crippen molar-refractivity contribution in [3.8, 4) is 11.5 Å². The first-order valence-electron chi connectivity index (χ1n) is 8.66. The minimum atomic E-state index is -0.691. The lowest BCUT2D eigenvalue weighted by Gasteiger charge is -2.19. The molecule has 0 saturated heterocycles. The lowest BCUT2D eigenvalue weighted by atomic mass is 9.97. The fourth-order valence-electron chi connectivity index (χ4n) is 2.94. The smallest absolute Gasteiger partial charge is 0.342 e. The number of aromatic hydroxyl groups is 1. The lowest BCUT2D eigenvalue weighted by Crippen LogP contribution is -2.20. The number of hydrogen-bond donors (Lipinski definition) is 1. The number of hydrogen-bond acceptors (Lipinski definition) is 6. The van der Waals surface area contributed by atoms with Gasteiger partial charge in [-0.1, -0.05) is 11.6 Å². The number of carbonyl (C=O) groups is 3. The van der Waals surface area contributed by atoms with E-state index in [2.05, 4.69) is 0 Å². The van der Waals surface area contributed by atoms with E-state index in [-0.39, 0.29) is 52.1 Å². The van der Waals surface area contributed by atoms with Gasteiger partial charge in [-0.05, 0) is 26.2 Å². The third kappa shape index (κ3) is 4.97. The minimum absolute atomic E-state index is 0.0406. The monoisotopic (exact) mass is 382 g/mol. The van der Waals surface area contributed by atoms with Crippen LogP contribution in [0.1, 0.15) is 61.4 Å². The van der Waals surface area contributed by atoms with Gasteiger partial charge in [-0.3, -0.25) is 9.59 Å². The molecule has 26 heavy (non-hydrogen) atoms. The average Bonchev–Trinajstić information content (AvgIpc) is 2.59. The number of halogens is 1. The molecule has 142 valence electrons. The molecular formula is C19H23ClO6. The molecule has 0 spiro atoms. The Morgan fingerprint density at radius 2 is 1.81 bits per heavy atom. The van der Waals surface area contributed by atoms with Crippen LogP contribution < -0.4 is 4.74 Å². The number of phenols is 1. The number of esters is 1. The Kier molecular flexibility index (Phi) is 7.03. The van der Waals surface area contributed by atoms with E-state index in [9.17, 15) is 19.5 Å². The SMILES string of the molecule is COc1cc(O)c(Cl)c2c1C(=O)O[C@@H](C)CCC(=O)CCCCC(=O)C2. The molecule has 0 bridgehead atoms. The van der Waals surface area contributed by atoms with E-state index in [1.54, 1.807) is 6.92 Å². The summed E-state index contributed by atoms with van der Waals surface area (Å²) in [6, 6.07) is 1.23. The first-order valence-corrected chi connectivity index (χ1v) is 9.04. The number of ketones is 2. The molecule has 0 aromatic heterocycles. The van der Waals surface area contributed by atoms with Crippen LogP contribution in [0.5, 0.6) is 11.5 Å². The third-order valence-corrected chi connectivity index (χ3v) is 4.82. The molecular weight excluding hydrogens is 360 g/mol. The van der Waals surface area contributed by atoms with Gasteiger partial charge in [-0.15, -0.1) is 0 Å². The lowest BCUT2D eigenvalue weighted by molar-refractivity contribution is -0.121. The fourth-order valence-corrected chi connectivity index (χ4v) is 3.16. The number of methoxy groups -OCH3 is 1. The summed E-state index contributed by atoms with van der Waals surface area (Å²) < 4.78 is 10.6. The Hall–Kier alpha value is -2.08. The predicted molar refractivity (Wildman–Crippen MR) is 96.0 cm³/mol. The molecule has 0 radical (unpaired) electrons. The largest absolute Gasteiger partial charge is 0.506 e. The highest BCUT2D eigenvalue weighted by Crippen LogP contribution is 2.38. The first kappa shape index (κ1) is 20.2. The number of carbonyl (C=O) groups excluding carboxylic acids is 3. The van der Waals surface area contributed by atoms with E-state index >= 15 is 0 Å². The summed E-state index contributed by atoms with van der Waals surface area (Å²) in [5, 5.41) is 9.94. The number of fused-ring (bicyclic) bond motifs is 1. The van der Waals surface area contributed by atoms with Crippen LogP contribution in [-0.2, 0) is 20.7 Å². The maximum absolute atomic E-state index is 12.7. The van der Waals surface area contributed by atoms with Gasteiger partial charge in [0.1, 0.15) is 28.6 Å². The summed E-state index contributed by atoms with van der Waals surface area (Å²) in [6.45, 7) is 1.70. The van der Waals surface area contributed by atoms with E-state index in [1.165, 1.54) is 13.2 Å². The number of Topliss-reactive ketones (excluding diaryl/α,β-unsaturated/α-hetero) is 2. The Morgan fingerprint density at radius 3 is 2.46 bits per heavy atom. The Balaban J connectivity index is 2.45. The van der Waals surface area contributed by atoms with Crippen LogP contribution in [0.3, 0.4) is 0 Å². The van der Waals surface area contributed by atoms with Crippen LogP contribution in [0.4, 0.5) is 0 Å². The summed E-state index contributed by atoms with van der Waals surface area (Å²) in [5.41, 5.74) is 0.248. The van der Waals surface area contributed by atoms with Crippen molar-refractivity contribution in [2.75, 3.05) is 7.11 Å². The van der Waals surface area contributed by atoms with Crippen LogP contribution in [-0.4, -0.2) is 35.9 Å². The highest BCUT2D eigenvalue weighted by molar-refractivity contribution is 6.33. The normalized spacial score (nSPS) is 20.1. The number of ether oxygens (including phenoxy) is 2. The molecule has 0 amide bonds. The highest BCUT2D eigenvalue weighted by Gasteiger charge is 2.27. The zero-order chi connectivity index (χ0) is 19.3. The summed E-state index contributed by atoms with van der Waals surface area (Å²) in [6.07, 6.45) is 2.07. The number of benzene rings is 1. The molecule has 2 rings (SSSR count). The molecule has 7 heteroatoms. The standard InChI is InChI=1S/C19H23ClO6/c1-11-7-8-12(21)5-3-4-6-13(22)9-14-17(19(24)26-11)16(25-2)10-15(23)18(14)20/h10-11,23H,3-9H2,1-2H3/t11-/m0/s1. The van der Waals surface area contributed by atoms with Crippen molar-refractivity contribution in [2.45, 2.75) is 58.0 Å². The van der Waals surface area contributed by atoms with Crippen LogP contribution in [0.15, 0.2) is 6.07 Å². The second-order valence-corrected chi connectivity index (χ2v) is 6.86. The maximum atomic E-state index is 12.7. The second-order valence-electron chi connectivity index (χ2n) is 6.48. The molecule has 0 aliphatic carbocycles. The van der Waals surface area contributed by atoms with Crippen molar-refractivity contribution in [3.63, 3.8) is 0 Å². The predicted octanol–water partition coefficient (Wildman–Crippen LogP) is 3.63. The van der Waals surface area contributed by atoms with Gasteiger partial charge in [-0.25, -0.2) is 4.79 Å². The van der Waals surface area contributed by atoms with Gasteiger partial charge in [0.25, 0.3) is 0 Å². The van der Waals surface area contributed by atoms with E-state index in [0.717, 1.165) is 0 Å². The van der Waals surface area contributed by atoms with Crippen LogP contribution >= 0.6 is 11.6 Å². The molecule has 1 N–H and O–H groups in total. The average molecular weight is 383 g/mol. The van der Waals surface area contributed by atoms with Gasteiger partial charge in [0.2, 0.25) is 0 Å². The molecule has 0 saturated carbocycles. The fraction of sp³-hybridized carbons (Fsp3) is 0.526. The van der Waals surface area contributed by atoms with E-state index in [0.29, 0.717) is 32.1 Å². The Morgan fingerprint density at radius 1 is 1.15 bits per heavy atom. The minimum Gasteiger partial charge on any atom is -0.506 e. The van der Waals surface area contributed by atoms with Gasteiger partial charge in [0, 0.05) is 37.3 Å². The summed E-state index contributed by atoms with van der Waals surface area (Å²) in [5.74, 6) is -0.893. The van der Waals surface area contributed by atoms with Crippen molar-refractivity contribution in [1.82, 2.24) is 0 Å². The van der Waals surface area contributed by atoms with Crippen LogP contribution in [0.25, 0.3) is 0 Å². The van der Waals surface area contributed by atoms with Crippen LogP contribution in [0, 0.1) is 0 Å². The summed E-state index contributed by atoms with van der Waals surface area (Å²) in [7, 11) is 1.35. The summed E-state index contributed by atoms with van der Waals surface area (Å²) in [4.78, 5) is 36.8. The highest BCUT2D eigenvalue weighted by atomic mass is 35.5. The van der Waals surface area contributed by atoms with E-state index in [4.69, 9.17) is 21.1 Å². The number of phenolic OH excluding ortho intramolecular Hbond substituents is 1. The van der Waals surface area contributed by atoms with Crippen molar-refractivity contribution in [2.24, 2.45) is 0 Å². The number of cyclic esters (lactones) is 1. The Bertz CT molecular complexity index is 712. The number of rotatable bonds is 1. The van der Waals surface area contributed by atoms with Gasteiger partial charge in [0.15, 0.2) is 0 Å². The van der Waals surface area contributed by atoms with Gasteiger partial charge in [-0.2, -0.15) is 0 Å². The van der Waals surface area contributed by atoms with Crippen molar-refractivity contribution < 1.29 is 29.0 Å². The van der Waals surface area contributed by atoms with Gasteiger partial charge >= 0.3 is 5.97 Å². The van der Waals surface area contributed by atoms with Gasteiger partial charge in [0.05, 0.1) is 18.2 Å². The van der Waals surface area contributed by atoms with E-state index in [1.807, 2.05) is 0 Å². The van der Waals surface area contributed by atoms with E-state index < -0.39 is 12.1 Å². The van der Waals surface area contributed by atoms with Gasteiger partial charge < -0.3 is 14.6 Å². The molecule has 1 atom stereocenters. The molecule has 0 fully saturated rings. The van der Waals surface area contributed by atoms with Crippen molar-refractivity contribution >= 4 is 29.1 Å². The Labute approximate surface area is 157 Å². The zero-order valence-electron chi connectivity index (χ0n) is 15.0. The summed E-state index contributed by atoms with van der Waals surface area (Å²) >= 11 is 6.17. The molecule has 1 aliphatic heterocycles. The molecule has 6 nitrogen and oxygen atoms in total. The first-order chi connectivity index (χ1) is 12.3. The van der Waals surface area contributed by atoms with Crippen molar-refractivity contribution in [1.29, 1.82) is 0 Å². The molecule has 1 aromatic rings. The quantitative estimate of drug-likeness (QED) is 0.746. The topological polar surface area (TPSA) is 89.9 Å². The third-order valence-electron chi connectivity index (χ3n) is 4.40. The molecule has 1 aliphatic rings. The zero-order valence-corrected chi connectivity index (χ0v) is 15.7. The molecule has 0 unspecified atom stereocenters. The maximum Gasteiger partial charge on any atom is 0.342 e. The van der Waals surface area contributed by atoms with Crippen molar-refractivity contribution in [3.05, 3.63) is 22.2 Å². The van der Waals surface area contributed by atoms with Crippen LogP contribution in [0.2, 0.25) is 5.02 Å². The second kappa shape index (κ2) is 9.03. The molecule has 1 heterocycles. The molecule has 1 aromatic carbocycles.